The summed E-state index contributed by atoms with van der Waals surface area (Å²) < 4.78 is 0. The number of thioether (sulfide) groups is 1. The molecule has 6 heteroatoms. The van der Waals surface area contributed by atoms with Crippen LogP contribution in [0.2, 0.25) is 0 Å². The molecule has 0 bridgehead atoms. The molecule has 1 aliphatic rings. The molecule has 0 aliphatic carbocycles. The fourth-order valence-corrected chi connectivity index (χ4v) is 3.10. The Bertz CT molecular complexity index is 407. The molecule has 2 N–H and O–H groups in total. The highest BCUT2D eigenvalue weighted by Gasteiger charge is 2.16. The van der Waals surface area contributed by atoms with Crippen molar-refractivity contribution in [3.8, 4) is 0 Å². The molecule has 2 heterocycles. The van der Waals surface area contributed by atoms with Crippen LogP contribution in [0.1, 0.15) is 29.8 Å². The van der Waals surface area contributed by atoms with E-state index in [4.69, 9.17) is 0 Å². The molecule has 0 radical (unpaired) electrons. The second-order valence-electron chi connectivity index (χ2n) is 4.24. The Morgan fingerprint density at radius 2 is 2.39 bits per heavy atom. The van der Waals surface area contributed by atoms with Gasteiger partial charge in [-0.15, -0.1) is 0 Å². The Morgan fingerprint density at radius 1 is 1.50 bits per heavy atom. The molecule has 1 atom stereocenters. The minimum Gasteiger partial charge on any atom is -0.372 e. The van der Waals surface area contributed by atoms with Crippen LogP contribution >= 0.6 is 11.8 Å². The maximum absolute atomic E-state index is 11.9. The molecular formula is C12H18N4OS. The Morgan fingerprint density at radius 3 is 3.11 bits per heavy atom. The lowest BCUT2D eigenvalue weighted by atomic mass is 10.2. The number of carbonyl (C=O) groups is 1. The molecule has 1 amide bonds. The van der Waals surface area contributed by atoms with Crippen molar-refractivity contribution < 1.29 is 4.79 Å². The zero-order valence-electron chi connectivity index (χ0n) is 10.5. The first-order valence-electron chi connectivity index (χ1n) is 6.19. The summed E-state index contributed by atoms with van der Waals surface area (Å²) >= 11 is 1.94. The van der Waals surface area contributed by atoms with Gasteiger partial charge in [0.15, 0.2) is 0 Å². The first-order chi connectivity index (χ1) is 8.79. The molecule has 18 heavy (non-hydrogen) atoms. The number of hydrogen-bond donors (Lipinski definition) is 2. The van der Waals surface area contributed by atoms with Crippen LogP contribution in [0.3, 0.4) is 0 Å². The number of carbonyl (C=O) groups excluding carboxylic acids is 1. The maximum atomic E-state index is 11.9. The minimum absolute atomic E-state index is 0.147. The molecule has 0 spiro atoms. The first kappa shape index (κ1) is 13.1. The van der Waals surface area contributed by atoms with Gasteiger partial charge in [-0.2, -0.15) is 11.8 Å². The zero-order valence-corrected chi connectivity index (χ0v) is 11.3. The molecular weight excluding hydrogens is 248 g/mol. The molecule has 0 saturated carbocycles. The van der Waals surface area contributed by atoms with E-state index in [0.717, 1.165) is 6.54 Å². The highest BCUT2D eigenvalue weighted by Crippen LogP contribution is 2.24. The third-order valence-corrected chi connectivity index (χ3v) is 4.29. The van der Waals surface area contributed by atoms with Gasteiger partial charge in [0.25, 0.3) is 5.91 Å². The van der Waals surface area contributed by atoms with Gasteiger partial charge in [-0.1, -0.05) is 6.42 Å². The molecule has 1 aliphatic heterocycles. The number of aromatic nitrogens is 2. The Balaban J connectivity index is 1.86. The van der Waals surface area contributed by atoms with Crippen LogP contribution in [0.15, 0.2) is 12.4 Å². The van der Waals surface area contributed by atoms with Crippen LogP contribution in [0.5, 0.6) is 0 Å². The number of nitrogens with zero attached hydrogens (tertiary/aromatic N) is 2. The van der Waals surface area contributed by atoms with Gasteiger partial charge in [-0.3, -0.25) is 9.78 Å². The van der Waals surface area contributed by atoms with Gasteiger partial charge in [0.1, 0.15) is 11.5 Å². The molecule has 2 rings (SSSR count). The summed E-state index contributed by atoms with van der Waals surface area (Å²) in [5.74, 6) is 1.66. The predicted molar refractivity (Wildman–Crippen MR) is 74.0 cm³/mol. The summed E-state index contributed by atoms with van der Waals surface area (Å²) in [5, 5.41) is 6.34. The van der Waals surface area contributed by atoms with Gasteiger partial charge in [0, 0.05) is 18.8 Å². The largest absolute Gasteiger partial charge is 0.372 e. The Hall–Kier alpha value is -1.30. The van der Waals surface area contributed by atoms with E-state index >= 15 is 0 Å². The van der Waals surface area contributed by atoms with Gasteiger partial charge in [-0.05, 0) is 18.6 Å². The van der Waals surface area contributed by atoms with Crippen molar-refractivity contribution >= 4 is 23.5 Å². The SMILES string of the molecule is CNc1cncc(C(=O)NCC2CCCCS2)n1. The summed E-state index contributed by atoms with van der Waals surface area (Å²) in [5.41, 5.74) is 0.364. The molecule has 98 valence electrons. The number of rotatable bonds is 4. The summed E-state index contributed by atoms with van der Waals surface area (Å²) in [4.78, 5) is 20.0. The number of anilines is 1. The molecule has 1 fully saturated rings. The fraction of sp³-hybridized carbons (Fsp3) is 0.583. The van der Waals surface area contributed by atoms with Crippen molar-refractivity contribution in [3.63, 3.8) is 0 Å². The molecule has 0 aromatic carbocycles. The van der Waals surface area contributed by atoms with E-state index in [9.17, 15) is 4.79 Å². The summed E-state index contributed by atoms with van der Waals surface area (Å²) in [6, 6.07) is 0. The average molecular weight is 266 g/mol. The van der Waals surface area contributed by atoms with E-state index in [-0.39, 0.29) is 5.91 Å². The second kappa shape index (κ2) is 6.58. The van der Waals surface area contributed by atoms with Crippen LogP contribution < -0.4 is 10.6 Å². The highest BCUT2D eigenvalue weighted by atomic mass is 32.2. The first-order valence-corrected chi connectivity index (χ1v) is 7.24. The summed E-state index contributed by atoms with van der Waals surface area (Å²) in [7, 11) is 1.75. The lowest BCUT2D eigenvalue weighted by Gasteiger charge is -2.21. The number of hydrogen-bond acceptors (Lipinski definition) is 5. The van der Waals surface area contributed by atoms with Gasteiger partial charge in [0.2, 0.25) is 0 Å². The fourth-order valence-electron chi connectivity index (χ4n) is 1.86. The molecule has 1 unspecified atom stereocenters. The van der Waals surface area contributed by atoms with E-state index in [2.05, 4.69) is 20.6 Å². The van der Waals surface area contributed by atoms with E-state index in [0.29, 0.717) is 16.8 Å². The van der Waals surface area contributed by atoms with Gasteiger partial charge < -0.3 is 10.6 Å². The van der Waals surface area contributed by atoms with Crippen LogP contribution in [0.25, 0.3) is 0 Å². The smallest absolute Gasteiger partial charge is 0.271 e. The lowest BCUT2D eigenvalue weighted by Crippen LogP contribution is -2.32. The third kappa shape index (κ3) is 3.60. The van der Waals surface area contributed by atoms with E-state index in [1.807, 2.05) is 11.8 Å². The quantitative estimate of drug-likeness (QED) is 0.865. The summed E-state index contributed by atoms with van der Waals surface area (Å²) in [6.07, 6.45) is 6.83. The van der Waals surface area contributed by atoms with Gasteiger partial charge in [0.05, 0.1) is 12.4 Å². The van der Waals surface area contributed by atoms with Crippen molar-refractivity contribution in [2.24, 2.45) is 0 Å². The average Bonchev–Trinajstić information content (AvgIpc) is 2.46. The minimum atomic E-state index is -0.147. The summed E-state index contributed by atoms with van der Waals surface area (Å²) in [6.45, 7) is 0.717. The van der Waals surface area contributed by atoms with Gasteiger partial charge >= 0.3 is 0 Å². The standard InChI is InChI=1S/C12H18N4OS/c1-13-11-8-14-7-10(16-11)12(17)15-6-9-4-2-3-5-18-9/h7-9H,2-6H2,1H3,(H,13,16)(H,15,17). The molecule has 1 aromatic heterocycles. The van der Waals surface area contributed by atoms with E-state index in [1.165, 1.54) is 31.2 Å². The highest BCUT2D eigenvalue weighted by molar-refractivity contribution is 7.99. The van der Waals surface area contributed by atoms with Crippen LogP contribution in [-0.2, 0) is 0 Å². The predicted octanol–water partition coefficient (Wildman–Crippen LogP) is 1.53. The molecule has 1 aromatic rings. The van der Waals surface area contributed by atoms with Crippen molar-refractivity contribution in [2.75, 3.05) is 24.7 Å². The van der Waals surface area contributed by atoms with Crippen LogP contribution in [0.4, 0.5) is 5.82 Å². The molecule has 5 nitrogen and oxygen atoms in total. The Kier molecular flexibility index (Phi) is 4.81. The normalized spacial score (nSPS) is 19.3. The van der Waals surface area contributed by atoms with Crippen molar-refractivity contribution in [3.05, 3.63) is 18.1 Å². The Labute approximate surface area is 111 Å². The van der Waals surface area contributed by atoms with Crippen molar-refractivity contribution in [2.45, 2.75) is 24.5 Å². The number of nitrogens with one attached hydrogen (secondary N) is 2. The van der Waals surface area contributed by atoms with E-state index in [1.54, 1.807) is 13.2 Å². The second-order valence-corrected chi connectivity index (χ2v) is 5.65. The van der Waals surface area contributed by atoms with Crippen molar-refractivity contribution in [1.82, 2.24) is 15.3 Å². The maximum Gasteiger partial charge on any atom is 0.271 e. The monoisotopic (exact) mass is 266 g/mol. The van der Waals surface area contributed by atoms with Crippen molar-refractivity contribution in [1.29, 1.82) is 0 Å². The lowest BCUT2D eigenvalue weighted by molar-refractivity contribution is 0.0948. The topological polar surface area (TPSA) is 66.9 Å². The van der Waals surface area contributed by atoms with Gasteiger partial charge in [-0.25, -0.2) is 4.98 Å². The van der Waals surface area contributed by atoms with Crippen LogP contribution in [-0.4, -0.2) is 40.5 Å². The zero-order chi connectivity index (χ0) is 12.8. The number of amides is 1. The third-order valence-electron chi connectivity index (χ3n) is 2.89. The molecule has 1 saturated heterocycles. The van der Waals surface area contributed by atoms with E-state index < -0.39 is 0 Å². The van der Waals surface area contributed by atoms with Crippen LogP contribution in [0, 0.1) is 0 Å².